The van der Waals surface area contributed by atoms with Crippen molar-refractivity contribution in [2.45, 2.75) is 113 Å². The molecule has 0 aliphatic carbocycles. The minimum Gasteiger partial charge on any atom is -0.0628 e. The highest BCUT2D eigenvalue weighted by Gasteiger charge is 2.10. The second-order valence-electron chi connectivity index (χ2n) is 9.12. The summed E-state index contributed by atoms with van der Waals surface area (Å²) >= 11 is 0. The van der Waals surface area contributed by atoms with E-state index in [0.29, 0.717) is 0 Å². The van der Waals surface area contributed by atoms with Crippen molar-refractivity contribution < 1.29 is 0 Å². The molecule has 0 aromatic rings. The lowest BCUT2D eigenvalue weighted by atomic mass is 9.88. The molecule has 0 saturated heterocycles. The summed E-state index contributed by atoms with van der Waals surface area (Å²) < 4.78 is 0. The summed E-state index contributed by atoms with van der Waals surface area (Å²) in [5.74, 6) is 4.56. The molecule has 0 N–H and O–H groups in total. The van der Waals surface area contributed by atoms with E-state index < -0.39 is 0 Å². The van der Waals surface area contributed by atoms with E-state index in [9.17, 15) is 0 Å². The second-order valence-corrected chi connectivity index (χ2v) is 9.12. The van der Waals surface area contributed by atoms with Gasteiger partial charge in [-0.05, 0) is 29.6 Å². The molecule has 0 heterocycles. The first kappa shape index (κ1) is 22.0. The summed E-state index contributed by atoms with van der Waals surface area (Å²) in [4.78, 5) is 0. The average molecular weight is 311 g/mol. The summed E-state index contributed by atoms with van der Waals surface area (Å²) in [5, 5.41) is 0. The third-order valence-corrected chi connectivity index (χ3v) is 5.26. The van der Waals surface area contributed by atoms with Crippen LogP contribution in [0, 0.1) is 29.6 Å². The van der Waals surface area contributed by atoms with Crippen LogP contribution in [0.2, 0.25) is 0 Å². The van der Waals surface area contributed by atoms with Gasteiger partial charge in [-0.3, -0.25) is 0 Å². The van der Waals surface area contributed by atoms with Crippen LogP contribution in [0.1, 0.15) is 113 Å². The highest BCUT2D eigenvalue weighted by Crippen LogP contribution is 2.24. The van der Waals surface area contributed by atoms with Gasteiger partial charge in [0.15, 0.2) is 0 Å². The van der Waals surface area contributed by atoms with E-state index in [1.165, 1.54) is 64.2 Å². The standard InChI is InChI=1S/C22H46/c1-18(2)10-8-12-20(5)14-16-22(7)17-15-21(6)13-9-11-19(3)4/h18-22H,8-17H2,1-7H3. The molecule has 0 saturated carbocycles. The van der Waals surface area contributed by atoms with Gasteiger partial charge in [0.1, 0.15) is 0 Å². The molecule has 0 aromatic heterocycles. The highest BCUT2D eigenvalue weighted by atomic mass is 14.2. The Morgan fingerprint density at radius 2 is 0.636 bits per heavy atom. The first-order valence-corrected chi connectivity index (χ1v) is 10.3. The van der Waals surface area contributed by atoms with E-state index >= 15 is 0 Å². The van der Waals surface area contributed by atoms with Gasteiger partial charge in [-0.25, -0.2) is 0 Å². The fraction of sp³-hybridized carbons (Fsp3) is 1.00. The molecule has 0 rings (SSSR count). The van der Waals surface area contributed by atoms with Gasteiger partial charge in [0, 0.05) is 0 Å². The zero-order chi connectivity index (χ0) is 17.0. The number of hydrogen-bond donors (Lipinski definition) is 0. The lowest BCUT2D eigenvalue weighted by Gasteiger charge is -2.18. The lowest BCUT2D eigenvalue weighted by Crippen LogP contribution is -2.04. The second kappa shape index (κ2) is 13.4. The van der Waals surface area contributed by atoms with Gasteiger partial charge in [0.2, 0.25) is 0 Å². The summed E-state index contributed by atoms with van der Waals surface area (Å²) in [6, 6.07) is 0. The van der Waals surface area contributed by atoms with Crippen LogP contribution in [0.3, 0.4) is 0 Å². The Morgan fingerprint density at radius 3 is 0.909 bits per heavy atom. The monoisotopic (exact) mass is 310 g/mol. The maximum absolute atomic E-state index is 2.47. The van der Waals surface area contributed by atoms with Crippen molar-refractivity contribution in [3.63, 3.8) is 0 Å². The predicted octanol–water partition coefficient (Wildman–Crippen LogP) is 8.11. The lowest BCUT2D eigenvalue weighted by molar-refractivity contribution is 0.347. The number of rotatable bonds is 14. The Kier molecular flexibility index (Phi) is 13.4. The highest BCUT2D eigenvalue weighted by molar-refractivity contribution is 4.62. The van der Waals surface area contributed by atoms with Crippen molar-refractivity contribution in [3.05, 3.63) is 0 Å². The normalized spacial score (nSPS) is 16.2. The molecular formula is C22H46. The first-order valence-electron chi connectivity index (χ1n) is 10.3. The smallest absolute Gasteiger partial charge is 0.0443 e. The van der Waals surface area contributed by atoms with Crippen LogP contribution in [0.4, 0.5) is 0 Å². The van der Waals surface area contributed by atoms with Crippen LogP contribution in [0.25, 0.3) is 0 Å². The third kappa shape index (κ3) is 14.9. The topological polar surface area (TPSA) is 0 Å². The summed E-state index contributed by atoms with van der Waals surface area (Å²) in [6.07, 6.45) is 14.3. The predicted molar refractivity (Wildman–Crippen MR) is 103 cm³/mol. The summed E-state index contributed by atoms with van der Waals surface area (Å²) in [7, 11) is 0. The molecule has 0 heteroatoms. The molecule has 0 amide bonds. The average Bonchev–Trinajstić information content (AvgIpc) is 2.42. The minimum absolute atomic E-state index is 0.878. The molecule has 2 unspecified atom stereocenters. The van der Waals surface area contributed by atoms with Crippen molar-refractivity contribution in [1.82, 2.24) is 0 Å². The molecule has 2 atom stereocenters. The van der Waals surface area contributed by atoms with Crippen LogP contribution in [0.5, 0.6) is 0 Å². The van der Waals surface area contributed by atoms with Crippen molar-refractivity contribution in [2.24, 2.45) is 29.6 Å². The van der Waals surface area contributed by atoms with Gasteiger partial charge in [0.25, 0.3) is 0 Å². The molecule has 0 radical (unpaired) electrons. The van der Waals surface area contributed by atoms with Crippen LogP contribution < -0.4 is 0 Å². The van der Waals surface area contributed by atoms with Crippen LogP contribution >= 0.6 is 0 Å². The fourth-order valence-electron chi connectivity index (χ4n) is 3.32. The van der Waals surface area contributed by atoms with Crippen LogP contribution in [-0.4, -0.2) is 0 Å². The van der Waals surface area contributed by atoms with Crippen LogP contribution in [0.15, 0.2) is 0 Å². The van der Waals surface area contributed by atoms with Crippen molar-refractivity contribution in [3.8, 4) is 0 Å². The maximum atomic E-state index is 2.47. The Hall–Kier alpha value is 0. The Bertz CT molecular complexity index is 204. The van der Waals surface area contributed by atoms with E-state index in [0.717, 1.165) is 29.6 Å². The van der Waals surface area contributed by atoms with Gasteiger partial charge in [-0.1, -0.05) is 113 Å². The molecule has 0 bridgehead atoms. The van der Waals surface area contributed by atoms with E-state index in [1.54, 1.807) is 0 Å². The Balaban J connectivity index is 3.57. The fourth-order valence-corrected chi connectivity index (χ4v) is 3.32. The van der Waals surface area contributed by atoms with E-state index in [2.05, 4.69) is 48.5 Å². The zero-order valence-corrected chi connectivity index (χ0v) is 17.0. The minimum atomic E-state index is 0.878. The molecule has 0 aromatic carbocycles. The van der Waals surface area contributed by atoms with E-state index in [1.807, 2.05) is 0 Å². The molecule has 0 spiro atoms. The molecule has 0 aliphatic heterocycles. The van der Waals surface area contributed by atoms with Gasteiger partial charge < -0.3 is 0 Å². The first-order chi connectivity index (χ1) is 10.3. The van der Waals surface area contributed by atoms with Gasteiger partial charge in [-0.15, -0.1) is 0 Å². The van der Waals surface area contributed by atoms with Gasteiger partial charge in [-0.2, -0.15) is 0 Å². The van der Waals surface area contributed by atoms with Gasteiger partial charge in [0.05, 0.1) is 0 Å². The molecule has 0 aliphatic rings. The Morgan fingerprint density at radius 1 is 0.364 bits per heavy atom. The summed E-state index contributed by atoms with van der Waals surface area (Å²) in [6.45, 7) is 16.8. The summed E-state index contributed by atoms with van der Waals surface area (Å²) in [5.41, 5.74) is 0. The molecule has 0 fully saturated rings. The molecule has 22 heavy (non-hydrogen) atoms. The zero-order valence-electron chi connectivity index (χ0n) is 17.0. The third-order valence-electron chi connectivity index (χ3n) is 5.26. The molecule has 134 valence electrons. The Labute approximate surface area is 142 Å². The number of hydrogen-bond acceptors (Lipinski definition) is 0. The molecular weight excluding hydrogens is 264 g/mol. The van der Waals surface area contributed by atoms with Crippen LogP contribution in [-0.2, 0) is 0 Å². The van der Waals surface area contributed by atoms with Crippen molar-refractivity contribution in [1.29, 1.82) is 0 Å². The quantitative estimate of drug-likeness (QED) is 0.304. The maximum Gasteiger partial charge on any atom is -0.0443 e. The molecule has 0 nitrogen and oxygen atoms in total. The SMILES string of the molecule is CC(C)CCCC(C)CCC(C)CCC(C)CCCC(C)C. The van der Waals surface area contributed by atoms with Crippen molar-refractivity contribution >= 4 is 0 Å². The van der Waals surface area contributed by atoms with E-state index in [4.69, 9.17) is 0 Å². The van der Waals surface area contributed by atoms with Gasteiger partial charge >= 0.3 is 0 Å². The largest absolute Gasteiger partial charge is 0.0628 e. The van der Waals surface area contributed by atoms with E-state index in [-0.39, 0.29) is 0 Å². The van der Waals surface area contributed by atoms with Crippen molar-refractivity contribution in [2.75, 3.05) is 0 Å².